The van der Waals surface area contributed by atoms with Gasteiger partial charge in [-0.25, -0.2) is 0 Å². The summed E-state index contributed by atoms with van der Waals surface area (Å²) < 4.78 is 0. The molecule has 0 aliphatic rings. The van der Waals surface area contributed by atoms with Crippen LogP contribution in [0.4, 0.5) is 4.79 Å². The summed E-state index contributed by atoms with van der Waals surface area (Å²) in [5.41, 5.74) is 0. The first-order chi connectivity index (χ1) is 4.15. The molecule has 0 aromatic carbocycles. The topological polar surface area (TPSA) is 17.1 Å². The lowest BCUT2D eigenvalue weighted by molar-refractivity contribution is 0.272. The van der Waals surface area contributed by atoms with Crippen molar-refractivity contribution in [2.24, 2.45) is 0 Å². The number of carbonyl (C=O) groups is 1. The van der Waals surface area contributed by atoms with Crippen molar-refractivity contribution in [3.63, 3.8) is 0 Å². The predicted octanol–water partition coefficient (Wildman–Crippen LogP) is 3.16. The van der Waals surface area contributed by atoms with Crippen molar-refractivity contribution in [2.45, 2.75) is 26.2 Å². The van der Waals surface area contributed by atoms with Crippen LogP contribution in [0.2, 0.25) is 26.2 Å². The molecule has 0 unspecified atom stereocenters. The molecule has 0 radical (unpaired) electrons. The second kappa shape index (κ2) is 2.97. The molecular weight excluding hydrogens is 203 g/mol. The maximum atomic E-state index is 11.3. The van der Waals surface area contributed by atoms with Gasteiger partial charge >= 0.3 is 0 Å². The molecule has 0 rings (SSSR count). The smallest absolute Gasteiger partial charge is 0.219 e. The van der Waals surface area contributed by atoms with Crippen molar-refractivity contribution in [3.05, 3.63) is 0 Å². The Bertz CT molecular complexity index is 129. The quantitative estimate of drug-likeness (QED) is 0.510. The highest BCUT2D eigenvalue weighted by atomic mass is 35.6. The molecule has 0 aromatic heterocycles. The molecule has 5 heteroatoms. The zero-order chi connectivity index (χ0) is 8.58. The monoisotopic (exact) mass is 214 g/mol. The van der Waals surface area contributed by atoms with Crippen molar-refractivity contribution >= 4 is 42.0 Å². The van der Waals surface area contributed by atoms with Gasteiger partial charge in [0.1, 0.15) is 5.03 Å². The lowest BCUT2D eigenvalue weighted by Gasteiger charge is -2.18. The Kier molecular flexibility index (Phi) is 3.17. The van der Waals surface area contributed by atoms with Gasteiger partial charge in [-0.05, 0) is 26.2 Å². The van der Waals surface area contributed by atoms with Crippen LogP contribution in [0.3, 0.4) is 0 Å². The van der Waals surface area contributed by atoms with Gasteiger partial charge in [0.25, 0.3) is 0 Å². The van der Waals surface area contributed by atoms with Gasteiger partial charge < -0.3 is 4.79 Å². The van der Waals surface area contributed by atoms with E-state index >= 15 is 0 Å². The van der Waals surface area contributed by atoms with E-state index in [0.717, 1.165) is 0 Å². The van der Waals surface area contributed by atoms with Crippen LogP contribution in [0.1, 0.15) is 0 Å². The minimum atomic E-state index is -2.13. The Hall–Kier alpha value is 0.684. The average molecular weight is 215 g/mol. The van der Waals surface area contributed by atoms with E-state index in [-0.39, 0.29) is 5.03 Å². The average Bonchev–Trinajstić information content (AvgIpc) is 1.59. The molecule has 0 aliphatic heterocycles. The van der Waals surface area contributed by atoms with Crippen LogP contribution in [0, 0.1) is 0 Å². The van der Waals surface area contributed by atoms with E-state index in [1.807, 2.05) is 26.2 Å². The van der Waals surface area contributed by atoms with Crippen LogP contribution < -0.4 is 0 Å². The lowest BCUT2D eigenvalue weighted by Crippen LogP contribution is -2.45. The number of carbonyl (C=O) groups excluding carboxylic acids is 1. The second-order valence-electron chi connectivity index (χ2n) is 3.27. The van der Waals surface area contributed by atoms with E-state index in [1.165, 1.54) is 0 Å². The summed E-state index contributed by atoms with van der Waals surface area (Å²) in [6, 6.07) is 0. The van der Waals surface area contributed by atoms with Gasteiger partial charge in [0.15, 0.2) is 0 Å². The fraction of sp³-hybridized carbons (Fsp3) is 0.800. The van der Waals surface area contributed by atoms with E-state index in [1.54, 1.807) is 0 Å². The maximum absolute atomic E-state index is 11.3. The van der Waals surface area contributed by atoms with Crippen LogP contribution in [0.5, 0.6) is 0 Å². The summed E-state index contributed by atoms with van der Waals surface area (Å²) >= 11 is 11.8. The molecule has 60 valence electrons. The van der Waals surface area contributed by atoms with Crippen molar-refractivity contribution in [1.82, 2.24) is 0 Å². The first-order valence-corrected chi connectivity index (χ1v) is 11.1. The zero-order valence-corrected chi connectivity index (χ0v) is 10.2. The normalized spacial score (nSPS) is 13.4. The molecule has 0 fully saturated rings. The van der Waals surface area contributed by atoms with E-state index in [9.17, 15) is 4.79 Å². The van der Waals surface area contributed by atoms with Crippen molar-refractivity contribution in [2.75, 3.05) is 0 Å². The van der Waals surface area contributed by atoms with E-state index in [2.05, 4.69) is 0 Å². The molecule has 0 amide bonds. The van der Waals surface area contributed by atoms with Gasteiger partial charge in [-0.3, -0.25) is 0 Å². The van der Waals surface area contributed by atoms with Crippen LogP contribution in [0.25, 0.3) is 0 Å². The van der Waals surface area contributed by atoms with E-state index in [0.29, 0.717) is 0 Å². The number of halogens is 2. The molecule has 0 spiro atoms. The minimum Gasteiger partial charge on any atom is -0.308 e. The number of hydrogen-bond donors (Lipinski definition) is 0. The third kappa shape index (κ3) is 3.19. The van der Waals surface area contributed by atoms with Gasteiger partial charge in [-0.1, -0.05) is 0 Å². The largest absolute Gasteiger partial charge is 0.308 e. The van der Waals surface area contributed by atoms with Crippen LogP contribution in [-0.4, -0.2) is 19.8 Å². The standard InChI is InChI=1S/C5H12Cl2OSi2/c1-9(2,6)5(8)10(3,4)7/h1-4H3. The summed E-state index contributed by atoms with van der Waals surface area (Å²) in [4.78, 5) is 11.3. The van der Waals surface area contributed by atoms with Crippen LogP contribution in [0.15, 0.2) is 0 Å². The Morgan fingerprint density at radius 2 is 1.20 bits per heavy atom. The van der Waals surface area contributed by atoms with Crippen molar-refractivity contribution in [1.29, 1.82) is 0 Å². The van der Waals surface area contributed by atoms with Crippen molar-refractivity contribution < 1.29 is 4.79 Å². The van der Waals surface area contributed by atoms with E-state index in [4.69, 9.17) is 22.2 Å². The molecule has 0 aliphatic carbocycles. The van der Waals surface area contributed by atoms with Crippen LogP contribution in [-0.2, 0) is 0 Å². The van der Waals surface area contributed by atoms with Gasteiger partial charge in [-0.2, -0.15) is 22.2 Å². The molecule has 0 saturated heterocycles. The van der Waals surface area contributed by atoms with Crippen LogP contribution >= 0.6 is 22.2 Å². The molecule has 10 heavy (non-hydrogen) atoms. The third-order valence-corrected chi connectivity index (χ3v) is 8.97. The first kappa shape index (κ1) is 10.7. The van der Waals surface area contributed by atoms with Gasteiger partial charge in [0.2, 0.25) is 14.8 Å². The Morgan fingerprint density at radius 3 is 1.20 bits per heavy atom. The summed E-state index contributed by atoms with van der Waals surface area (Å²) in [5, 5.41) is 0.128. The van der Waals surface area contributed by atoms with Gasteiger partial charge in [0, 0.05) is 0 Å². The number of rotatable bonds is 2. The molecular formula is C5H12Cl2OSi2. The second-order valence-corrected chi connectivity index (χ2v) is 16.2. The van der Waals surface area contributed by atoms with Gasteiger partial charge in [0.05, 0.1) is 0 Å². The highest BCUT2D eigenvalue weighted by Gasteiger charge is 2.40. The molecule has 0 bridgehead atoms. The molecule has 0 N–H and O–H groups in total. The highest BCUT2D eigenvalue weighted by molar-refractivity contribution is 7.56. The molecule has 0 heterocycles. The van der Waals surface area contributed by atoms with E-state index < -0.39 is 14.8 Å². The fourth-order valence-corrected chi connectivity index (χ4v) is 11.0. The van der Waals surface area contributed by atoms with Crippen molar-refractivity contribution in [3.8, 4) is 0 Å². The highest BCUT2D eigenvalue weighted by Crippen LogP contribution is 2.21. The molecule has 0 atom stereocenters. The predicted molar refractivity (Wildman–Crippen MR) is 52.1 cm³/mol. The third-order valence-electron chi connectivity index (χ3n) is 1.08. The molecule has 0 aromatic rings. The molecule has 0 saturated carbocycles. The number of hydrogen-bond acceptors (Lipinski definition) is 1. The summed E-state index contributed by atoms with van der Waals surface area (Å²) in [7, 11) is -4.27. The summed E-state index contributed by atoms with van der Waals surface area (Å²) in [6.45, 7) is 7.25. The fourth-order valence-electron chi connectivity index (χ4n) is 0.707. The Morgan fingerprint density at radius 1 is 1.00 bits per heavy atom. The first-order valence-electron chi connectivity index (χ1n) is 3.08. The maximum Gasteiger partial charge on any atom is 0.219 e. The zero-order valence-electron chi connectivity index (χ0n) is 6.66. The summed E-state index contributed by atoms with van der Waals surface area (Å²) in [6.07, 6.45) is 0. The Balaban J connectivity index is 4.40. The van der Waals surface area contributed by atoms with Gasteiger partial charge in [-0.15, -0.1) is 0 Å². The lowest BCUT2D eigenvalue weighted by atomic mass is 11.7. The SMILES string of the molecule is C[Si](C)(Cl)C(=O)[Si](C)(C)Cl. The Labute approximate surface area is 73.1 Å². The summed E-state index contributed by atoms with van der Waals surface area (Å²) in [5.74, 6) is 0. The molecule has 1 nitrogen and oxygen atoms in total. The minimum absolute atomic E-state index is 0.128.